The molecule has 1 aliphatic carbocycles. The predicted octanol–water partition coefficient (Wildman–Crippen LogP) is 3.19. The largest absolute Gasteiger partial charge is 0.367 e. The first-order chi connectivity index (χ1) is 14.0. The van der Waals surface area contributed by atoms with Crippen LogP contribution in [0.4, 0.5) is 23.1 Å². The monoisotopic (exact) mass is 393 g/mol. The van der Waals surface area contributed by atoms with Gasteiger partial charge in [-0.1, -0.05) is 0 Å². The van der Waals surface area contributed by atoms with E-state index in [1.54, 1.807) is 11.9 Å². The summed E-state index contributed by atoms with van der Waals surface area (Å²) in [4.78, 5) is 28.2. The van der Waals surface area contributed by atoms with Crippen LogP contribution in [-0.4, -0.2) is 59.5 Å². The topological polar surface area (TPSA) is 89.2 Å². The highest BCUT2D eigenvalue weighted by atomic mass is 16.2. The summed E-state index contributed by atoms with van der Waals surface area (Å²) in [6, 6.07) is 10.2. The molecule has 1 aliphatic rings. The molecule has 4 rings (SSSR count). The molecule has 1 fully saturated rings. The molecule has 29 heavy (non-hydrogen) atoms. The maximum Gasteiger partial charge on any atom is 0.240 e. The van der Waals surface area contributed by atoms with Crippen LogP contribution in [0.5, 0.6) is 0 Å². The second-order valence-electron chi connectivity index (χ2n) is 7.77. The molecule has 1 saturated carbocycles. The Morgan fingerprint density at radius 3 is 2.55 bits per heavy atom. The lowest BCUT2D eigenvalue weighted by Gasteiger charge is -2.27. The van der Waals surface area contributed by atoms with Gasteiger partial charge >= 0.3 is 0 Å². The first kappa shape index (κ1) is 19.2. The molecule has 3 aromatic rings. The normalized spacial score (nSPS) is 14.1. The van der Waals surface area contributed by atoms with E-state index in [0.29, 0.717) is 18.5 Å². The molecule has 152 valence electrons. The lowest BCUT2D eigenvalue weighted by atomic mass is 9.93. The molecule has 1 aromatic carbocycles. The molecule has 0 radical (unpaired) electrons. The van der Waals surface area contributed by atoms with Crippen LogP contribution in [0.1, 0.15) is 19.3 Å². The van der Waals surface area contributed by atoms with Crippen LogP contribution < -0.4 is 15.5 Å². The SMILES string of the molecule is CN(C)CC(=O)N(C)c1ccc(Nc2nc(NC3CCC3)c3cc[nH]c3n2)cc1. The van der Waals surface area contributed by atoms with Gasteiger partial charge in [0.25, 0.3) is 0 Å². The zero-order valence-electron chi connectivity index (χ0n) is 17.1. The molecular weight excluding hydrogens is 366 g/mol. The second kappa shape index (κ2) is 8.08. The molecule has 0 aliphatic heterocycles. The lowest BCUT2D eigenvalue weighted by Crippen LogP contribution is -2.34. The number of hydrogen-bond acceptors (Lipinski definition) is 6. The molecular formula is C21H27N7O. The van der Waals surface area contributed by atoms with E-state index in [0.717, 1.165) is 28.2 Å². The smallest absolute Gasteiger partial charge is 0.240 e. The van der Waals surface area contributed by atoms with Crippen molar-refractivity contribution < 1.29 is 4.79 Å². The molecule has 0 atom stereocenters. The van der Waals surface area contributed by atoms with E-state index in [2.05, 4.69) is 25.6 Å². The fourth-order valence-electron chi connectivity index (χ4n) is 3.27. The fraction of sp³-hybridized carbons (Fsp3) is 0.381. The number of aromatic amines is 1. The minimum absolute atomic E-state index is 0.0444. The van der Waals surface area contributed by atoms with Gasteiger partial charge < -0.3 is 25.4 Å². The zero-order valence-corrected chi connectivity index (χ0v) is 17.1. The van der Waals surface area contributed by atoms with E-state index in [9.17, 15) is 4.79 Å². The molecule has 0 saturated heterocycles. The van der Waals surface area contributed by atoms with Gasteiger partial charge in [-0.2, -0.15) is 9.97 Å². The van der Waals surface area contributed by atoms with Gasteiger partial charge in [0, 0.05) is 30.7 Å². The summed E-state index contributed by atoms with van der Waals surface area (Å²) in [7, 11) is 5.55. The number of benzene rings is 1. The number of fused-ring (bicyclic) bond motifs is 1. The van der Waals surface area contributed by atoms with Crippen molar-refractivity contribution >= 4 is 40.1 Å². The third kappa shape index (κ3) is 4.32. The molecule has 8 nitrogen and oxygen atoms in total. The number of anilines is 4. The number of aromatic nitrogens is 3. The van der Waals surface area contributed by atoms with E-state index in [4.69, 9.17) is 0 Å². The van der Waals surface area contributed by atoms with Crippen LogP contribution >= 0.6 is 0 Å². The Morgan fingerprint density at radius 1 is 1.14 bits per heavy atom. The number of carbonyl (C=O) groups excluding carboxylic acids is 1. The maximum atomic E-state index is 12.2. The summed E-state index contributed by atoms with van der Waals surface area (Å²) in [6.45, 7) is 0.372. The van der Waals surface area contributed by atoms with Gasteiger partial charge in [0.15, 0.2) is 0 Å². The number of nitrogens with one attached hydrogen (secondary N) is 3. The van der Waals surface area contributed by atoms with Crippen LogP contribution in [-0.2, 0) is 4.79 Å². The van der Waals surface area contributed by atoms with Crippen LogP contribution in [0.25, 0.3) is 11.0 Å². The Balaban J connectivity index is 1.50. The Kier molecular flexibility index (Phi) is 5.35. The van der Waals surface area contributed by atoms with Gasteiger partial charge in [0.1, 0.15) is 11.5 Å². The minimum Gasteiger partial charge on any atom is -0.367 e. The Morgan fingerprint density at radius 2 is 1.90 bits per heavy atom. The van der Waals surface area contributed by atoms with Crippen molar-refractivity contribution in [2.45, 2.75) is 25.3 Å². The Hall–Kier alpha value is -3.13. The number of rotatable bonds is 7. The third-order valence-electron chi connectivity index (χ3n) is 5.20. The molecule has 3 N–H and O–H groups in total. The number of H-pyrrole nitrogens is 1. The summed E-state index contributed by atoms with van der Waals surface area (Å²) >= 11 is 0. The number of hydrogen-bond donors (Lipinski definition) is 3. The van der Waals surface area contributed by atoms with Crippen molar-refractivity contribution in [1.29, 1.82) is 0 Å². The minimum atomic E-state index is 0.0444. The average molecular weight is 393 g/mol. The van der Waals surface area contributed by atoms with Gasteiger partial charge in [-0.05, 0) is 63.7 Å². The highest BCUT2D eigenvalue weighted by molar-refractivity contribution is 5.94. The third-order valence-corrected chi connectivity index (χ3v) is 5.20. The molecule has 1 amide bonds. The highest BCUT2D eigenvalue weighted by Gasteiger charge is 2.19. The summed E-state index contributed by atoms with van der Waals surface area (Å²) in [5.74, 6) is 1.43. The summed E-state index contributed by atoms with van der Waals surface area (Å²) in [5.41, 5.74) is 2.51. The van der Waals surface area contributed by atoms with E-state index in [-0.39, 0.29) is 5.91 Å². The van der Waals surface area contributed by atoms with E-state index in [1.165, 1.54) is 19.3 Å². The highest BCUT2D eigenvalue weighted by Crippen LogP contribution is 2.28. The molecule has 0 bridgehead atoms. The van der Waals surface area contributed by atoms with Crippen molar-refractivity contribution in [2.24, 2.45) is 0 Å². The number of likely N-dealkylation sites (N-methyl/N-ethyl adjacent to an activating group) is 2. The number of nitrogens with zero attached hydrogens (tertiary/aromatic N) is 4. The van der Waals surface area contributed by atoms with Gasteiger partial charge in [-0.25, -0.2) is 0 Å². The van der Waals surface area contributed by atoms with Crippen LogP contribution in [0.2, 0.25) is 0 Å². The van der Waals surface area contributed by atoms with Crippen molar-refractivity contribution in [1.82, 2.24) is 19.9 Å². The molecule has 8 heteroatoms. The Labute approximate surface area is 170 Å². The molecule has 0 unspecified atom stereocenters. The molecule has 2 aromatic heterocycles. The number of carbonyl (C=O) groups is 1. The summed E-state index contributed by atoms with van der Waals surface area (Å²) in [5, 5.41) is 7.79. The van der Waals surface area contributed by atoms with Crippen LogP contribution in [0.15, 0.2) is 36.5 Å². The van der Waals surface area contributed by atoms with Crippen molar-refractivity contribution in [3.63, 3.8) is 0 Å². The van der Waals surface area contributed by atoms with Gasteiger partial charge in [-0.15, -0.1) is 0 Å². The average Bonchev–Trinajstić information content (AvgIpc) is 3.13. The van der Waals surface area contributed by atoms with Crippen LogP contribution in [0, 0.1) is 0 Å². The van der Waals surface area contributed by atoms with Crippen molar-refractivity contribution in [2.75, 3.05) is 43.2 Å². The van der Waals surface area contributed by atoms with E-state index < -0.39 is 0 Å². The predicted molar refractivity (Wildman–Crippen MR) is 117 cm³/mol. The number of amides is 1. The zero-order chi connectivity index (χ0) is 20.4. The van der Waals surface area contributed by atoms with Crippen LogP contribution in [0.3, 0.4) is 0 Å². The molecule has 2 heterocycles. The fourth-order valence-corrected chi connectivity index (χ4v) is 3.27. The first-order valence-electron chi connectivity index (χ1n) is 9.89. The Bertz CT molecular complexity index is 992. The second-order valence-corrected chi connectivity index (χ2v) is 7.77. The standard InChI is InChI=1S/C21H27N7O/c1-27(2)13-18(29)28(3)16-9-7-15(8-10-16)24-21-25-19-17(11-12-22-19)20(26-21)23-14-5-4-6-14/h7-12,14H,4-6,13H2,1-3H3,(H3,22,23,24,25,26). The maximum absolute atomic E-state index is 12.2. The summed E-state index contributed by atoms with van der Waals surface area (Å²) < 4.78 is 0. The van der Waals surface area contributed by atoms with Gasteiger partial charge in [0.2, 0.25) is 11.9 Å². The van der Waals surface area contributed by atoms with E-state index >= 15 is 0 Å². The lowest BCUT2D eigenvalue weighted by molar-refractivity contribution is -0.118. The quantitative estimate of drug-likeness (QED) is 0.571. The van der Waals surface area contributed by atoms with Gasteiger partial charge in [0.05, 0.1) is 11.9 Å². The van der Waals surface area contributed by atoms with Gasteiger partial charge in [-0.3, -0.25) is 4.79 Å². The summed E-state index contributed by atoms with van der Waals surface area (Å²) in [6.07, 6.45) is 5.51. The van der Waals surface area contributed by atoms with E-state index in [1.807, 2.05) is 55.5 Å². The first-order valence-corrected chi connectivity index (χ1v) is 9.89. The molecule has 0 spiro atoms. The van der Waals surface area contributed by atoms with Crippen molar-refractivity contribution in [3.05, 3.63) is 36.5 Å². The van der Waals surface area contributed by atoms with Crippen molar-refractivity contribution in [3.8, 4) is 0 Å².